The Balaban J connectivity index is 1.58. The van der Waals surface area contributed by atoms with Gasteiger partial charge in [-0.25, -0.2) is 0 Å². The van der Waals surface area contributed by atoms with E-state index >= 15 is 0 Å². The van der Waals surface area contributed by atoms with Crippen LogP contribution >= 0.6 is 0 Å². The average Bonchev–Trinajstić information content (AvgIpc) is 3.26. The van der Waals surface area contributed by atoms with Crippen LogP contribution in [-0.2, 0) is 9.53 Å². The molecule has 2 aromatic carbocycles. The molecule has 1 amide bonds. The molecule has 0 spiro atoms. The Labute approximate surface area is 123 Å². The number of carbonyl (C=O) groups excluding carboxylic acids is 1. The summed E-state index contributed by atoms with van der Waals surface area (Å²) in [5, 5.41) is 2.76. The Morgan fingerprint density at radius 2 is 1.86 bits per heavy atom. The second-order valence-corrected chi connectivity index (χ2v) is 4.99. The Kier molecular flexibility index (Phi) is 3.88. The number of rotatable bonds is 5. The second-order valence-electron chi connectivity index (χ2n) is 4.99. The van der Waals surface area contributed by atoms with Gasteiger partial charge in [-0.2, -0.15) is 0 Å². The monoisotopic (exact) mass is 283 g/mol. The molecule has 4 nitrogen and oxygen atoms in total. The van der Waals surface area contributed by atoms with Crippen LogP contribution in [0.5, 0.6) is 5.75 Å². The lowest BCUT2D eigenvalue weighted by Gasteiger charge is -2.10. The van der Waals surface area contributed by atoms with E-state index in [0.717, 1.165) is 0 Å². The zero-order chi connectivity index (χ0) is 14.7. The van der Waals surface area contributed by atoms with Gasteiger partial charge < -0.3 is 14.8 Å². The maximum atomic E-state index is 11.2. The molecule has 1 aliphatic rings. The molecule has 21 heavy (non-hydrogen) atoms. The van der Waals surface area contributed by atoms with Crippen molar-refractivity contribution in [2.24, 2.45) is 0 Å². The van der Waals surface area contributed by atoms with Crippen molar-refractivity contribution in [2.75, 3.05) is 11.9 Å². The van der Waals surface area contributed by atoms with E-state index < -0.39 is 0 Å². The van der Waals surface area contributed by atoms with E-state index in [9.17, 15) is 4.79 Å². The largest absolute Gasteiger partial charge is 0.489 e. The highest BCUT2D eigenvalue weighted by atomic mass is 16.6. The van der Waals surface area contributed by atoms with E-state index in [0.29, 0.717) is 18.0 Å². The summed E-state index contributed by atoms with van der Waals surface area (Å²) in [4.78, 5) is 11.2. The number of carbonyl (C=O) groups is 1. The third kappa shape index (κ3) is 3.41. The number of hydrogen-bond donors (Lipinski definition) is 1. The van der Waals surface area contributed by atoms with Gasteiger partial charge in [0.2, 0.25) is 5.91 Å². The first-order chi connectivity index (χ1) is 10.2. The second kappa shape index (κ2) is 5.97. The average molecular weight is 283 g/mol. The summed E-state index contributed by atoms with van der Waals surface area (Å²) < 4.78 is 11.4. The number of benzene rings is 2. The minimum atomic E-state index is -0.115. The SMILES string of the molecule is CC(=O)Nc1ccccc1OC[C@H]1O[C@@H]1c1ccccc1. The summed E-state index contributed by atoms with van der Waals surface area (Å²) in [6.45, 7) is 1.95. The molecule has 1 N–H and O–H groups in total. The van der Waals surface area contributed by atoms with Crippen LogP contribution in [0.25, 0.3) is 0 Å². The molecule has 0 aliphatic carbocycles. The number of para-hydroxylation sites is 2. The van der Waals surface area contributed by atoms with Crippen molar-refractivity contribution < 1.29 is 14.3 Å². The Bertz CT molecular complexity index is 627. The van der Waals surface area contributed by atoms with Gasteiger partial charge >= 0.3 is 0 Å². The third-order valence-electron chi connectivity index (χ3n) is 3.31. The van der Waals surface area contributed by atoms with E-state index in [1.54, 1.807) is 0 Å². The number of hydrogen-bond acceptors (Lipinski definition) is 3. The molecule has 2 aromatic rings. The molecule has 2 atom stereocenters. The maximum Gasteiger partial charge on any atom is 0.221 e. The van der Waals surface area contributed by atoms with Crippen molar-refractivity contribution in [2.45, 2.75) is 19.1 Å². The fourth-order valence-electron chi connectivity index (χ4n) is 2.26. The molecule has 0 bridgehead atoms. The lowest BCUT2D eigenvalue weighted by atomic mass is 10.1. The minimum absolute atomic E-state index is 0.0674. The number of epoxide rings is 1. The topological polar surface area (TPSA) is 50.9 Å². The van der Waals surface area contributed by atoms with E-state index in [1.165, 1.54) is 12.5 Å². The fraction of sp³-hybridized carbons (Fsp3) is 0.235. The van der Waals surface area contributed by atoms with Crippen molar-refractivity contribution in [3.8, 4) is 5.75 Å². The van der Waals surface area contributed by atoms with E-state index in [1.807, 2.05) is 42.5 Å². The highest BCUT2D eigenvalue weighted by Crippen LogP contribution is 2.39. The van der Waals surface area contributed by atoms with Crippen molar-refractivity contribution in [1.82, 2.24) is 0 Å². The van der Waals surface area contributed by atoms with Crippen LogP contribution in [0.4, 0.5) is 5.69 Å². The summed E-state index contributed by atoms with van der Waals surface area (Å²) in [6.07, 6.45) is 0.178. The molecule has 0 aromatic heterocycles. The fourth-order valence-corrected chi connectivity index (χ4v) is 2.26. The number of ether oxygens (including phenoxy) is 2. The third-order valence-corrected chi connectivity index (χ3v) is 3.31. The van der Waals surface area contributed by atoms with Crippen LogP contribution in [-0.4, -0.2) is 18.6 Å². The van der Waals surface area contributed by atoms with Gasteiger partial charge in [-0.05, 0) is 17.7 Å². The van der Waals surface area contributed by atoms with Gasteiger partial charge in [0.1, 0.15) is 24.6 Å². The highest BCUT2D eigenvalue weighted by molar-refractivity contribution is 5.90. The number of anilines is 1. The molecule has 4 heteroatoms. The van der Waals surface area contributed by atoms with Crippen molar-refractivity contribution in [3.63, 3.8) is 0 Å². The lowest BCUT2D eigenvalue weighted by molar-refractivity contribution is -0.114. The van der Waals surface area contributed by atoms with Crippen molar-refractivity contribution in [3.05, 3.63) is 60.2 Å². The van der Waals surface area contributed by atoms with Gasteiger partial charge in [-0.1, -0.05) is 42.5 Å². The minimum Gasteiger partial charge on any atom is -0.489 e. The lowest BCUT2D eigenvalue weighted by Crippen LogP contribution is -2.10. The molecule has 0 unspecified atom stereocenters. The molecular formula is C17H17NO3. The molecule has 1 saturated heterocycles. The van der Waals surface area contributed by atoms with Crippen LogP contribution in [0.3, 0.4) is 0 Å². The standard InChI is InChI=1S/C17H17NO3/c1-12(19)18-14-9-5-6-10-15(14)20-11-16-17(21-16)13-7-3-2-4-8-13/h2-10,16-17H,11H2,1H3,(H,18,19)/t16-,17-/m1/s1. The highest BCUT2D eigenvalue weighted by Gasteiger charge is 2.40. The first-order valence-corrected chi connectivity index (χ1v) is 6.94. The molecule has 1 fully saturated rings. The summed E-state index contributed by atoms with van der Waals surface area (Å²) >= 11 is 0. The van der Waals surface area contributed by atoms with Crippen LogP contribution in [0.15, 0.2) is 54.6 Å². The van der Waals surface area contributed by atoms with Crippen molar-refractivity contribution >= 4 is 11.6 Å². The first-order valence-electron chi connectivity index (χ1n) is 6.94. The van der Waals surface area contributed by atoms with Gasteiger partial charge in [0, 0.05) is 6.92 Å². The zero-order valence-corrected chi connectivity index (χ0v) is 11.8. The van der Waals surface area contributed by atoms with Crippen LogP contribution in [0.1, 0.15) is 18.6 Å². The van der Waals surface area contributed by atoms with E-state index in [2.05, 4.69) is 17.4 Å². The summed E-state index contributed by atoms with van der Waals surface area (Å²) in [6, 6.07) is 17.5. The normalized spacial score (nSPS) is 19.9. The van der Waals surface area contributed by atoms with Crippen LogP contribution in [0.2, 0.25) is 0 Å². The van der Waals surface area contributed by atoms with Gasteiger partial charge in [0.15, 0.2) is 0 Å². The first kappa shape index (κ1) is 13.6. The van der Waals surface area contributed by atoms with Crippen LogP contribution < -0.4 is 10.1 Å². The predicted molar refractivity (Wildman–Crippen MR) is 80.3 cm³/mol. The van der Waals surface area contributed by atoms with Gasteiger partial charge in [0.05, 0.1) is 5.69 Å². The summed E-state index contributed by atoms with van der Waals surface area (Å²) in [5.74, 6) is 0.547. The molecule has 1 heterocycles. The van der Waals surface area contributed by atoms with Gasteiger partial charge in [0.25, 0.3) is 0 Å². The van der Waals surface area contributed by atoms with Gasteiger partial charge in [-0.3, -0.25) is 4.79 Å². The zero-order valence-electron chi connectivity index (χ0n) is 11.8. The summed E-state index contributed by atoms with van der Waals surface area (Å²) in [7, 11) is 0. The summed E-state index contributed by atoms with van der Waals surface area (Å²) in [5.41, 5.74) is 1.85. The maximum absolute atomic E-state index is 11.2. The molecule has 108 valence electrons. The van der Waals surface area contributed by atoms with Crippen LogP contribution in [0, 0.1) is 0 Å². The molecular weight excluding hydrogens is 266 g/mol. The molecule has 0 saturated carbocycles. The van der Waals surface area contributed by atoms with Crippen molar-refractivity contribution in [1.29, 1.82) is 0 Å². The molecule has 1 aliphatic heterocycles. The predicted octanol–water partition coefficient (Wildman–Crippen LogP) is 3.16. The van der Waals surface area contributed by atoms with E-state index in [-0.39, 0.29) is 18.1 Å². The number of amides is 1. The Morgan fingerprint density at radius 3 is 2.62 bits per heavy atom. The molecule has 0 radical (unpaired) electrons. The smallest absolute Gasteiger partial charge is 0.221 e. The Morgan fingerprint density at radius 1 is 1.14 bits per heavy atom. The molecule has 3 rings (SSSR count). The van der Waals surface area contributed by atoms with Gasteiger partial charge in [-0.15, -0.1) is 0 Å². The Hall–Kier alpha value is -2.33. The van der Waals surface area contributed by atoms with E-state index in [4.69, 9.17) is 9.47 Å². The quantitative estimate of drug-likeness (QED) is 0.857. The number of nitrogens with one attached hydrogen (secondary N) is 1.